The van der Waals surface area contributed by atoms with Crippen molar-refractivity contribution < 1.29 is 9.53 Å². The molecule has 0 radical (unpaired) electrons. The maximum atomic E-state index is 10.2. The molecule has 0 saturated carbocycles. The molecule has 0 aliphatic heterocycles. The first-order chi connectivity index (χ1) is 5.29. The molecule has 0 saturated heterocycles. The van der Waals surface area contributed by atoms with Crippen molar-refractivity contribution in [2.45, 2.75) is 6.61 Å². The van der Waals surface area contributed by atoms with Crippen molar-refractivity contribution in [2.75, 3.05) is 6.61 Å². The highest BCUT2D eigenvalue weighted by Crippen LogP contribution is 1.88. The normalized spacial score (nSPS) is 9.82. The van der Waals surface area contributed by atoms with Crippen molar-refractivity contribution in [2.24, 2.45) is 5.73 Å². The zero-order valence-electron chi connectivity index (χ0n) is 5.78. The second-order valence-electron chi connectivity index (χ2n) is 1.89. The smallest absolute Gasteiger partial charge is 0.243 e. The molecule has 0 bridgehead atoms. The van der Waals surface area contributed by atoms with Crippen LogP contribution in [0.5, 0.6) is 0 Å². The van der Waals surface area contributed by atoms with Gasteiger partial charge in [0.15, 0.2) is 0 Å². The Kier molecular flexibility index (Phi) is 2.56. The molecule has 0 fully saturated rings. The summed E-state index contributed by atoms with van der Waals surface area (Å²) >= 11 is 0. The number of carbonyl (C=O) groups is 1. The summed E-state index contributed by atoms with van der Waals surface area (Å²) in [4.78, 5) is 13.9. The molecule has 6 heteroatoms. The molecule has 0 atom stereocenters. The molecule has 0 aliphatic carbocycles. The number of ether oxygens (including phenoxy) is 1. The van der Waals surface area contributed by atoms with Crippen LogP contribution in [-0.2, 0) is 16.1 Å². The Balaban J connectivity index is 2.19. The molecule has 60 valence electrons. The van der Waals surface area contributed by atoms with E-state index in [0.717, 1.165) is 0 Å². The second-order valence-corrected chi connectivity index (χ2v) is 1.89. The molecule has 1 amide bonds. The van der Waals surface area contributed by atoms with Gasteiger partial charge in [-0.25, -0.2) is 4.98 Å². The highest BCUT2D eigenvalue weighted by molar-refractivity contribution is 5.74. The van der Waals surface area contributed by atoms with Gasteiger partial charge in [0.1, 0.15) is 25.4 Å². The van der Waals surface area contributed by atoms with E-state index in [4.69, 9.17) is 10.5 Å². The minimum atomic E-state index is -0.496. The summed E-state index contributed by atoms with van der Waals surface area (Å²) in [5.41, 5.74) is 4.82. The SMILES string of the molecule is NC(=O)COCc1ncn[nH]1. The standard InChI is InChI=1S/C5H8N4O2/c6-4(10)1-11-2-5-7-3-8-9-5/h3H,1-2H2,(H2,6,10)(H,7,8,9). The van der Waals surface area contributed by atoms with Gasteiger partial charge in [-0.3, -0.25) is 9.89 Å². The zero-order valence-corrected chi connectivity index (χ0v) is 5.78. The van der Waals surface area contributed by atoms with Gasteiger partial charge in [0.05, 0.1) is 0 Å². The molecule has 0 aliphatic rings. The van der Waals surface area contributed by atoms with E-state index < -0.39 is 5.91 Å². The van der Waals surface area contributed by atoms with Crippen LogP contribution in [0.3, 0.4) is 0 Å². The fourth-order valence-electron chi connectivity index (χ4n) is 0.549. The number of carbonyl (C=O) groups excluding carboxylic acids is 1. The predicted molar refractivity (Wildman–Crippen MR) is 35.2 cm³/mol. The first-order valence-electron chi connectivity index (χ1n) is 2.99. The van der Waals surface area contributed by atoms with E-state index in [0.29, 0.717) is 5.82 Å². The second kappa shape index (κ2) is 3.67. The van der Waals surface area contributed by atoms with Gasteiger partial charge in [0.25, 0.3) is 0 Å². The average Bonchev–Trinajstić information content (AvgIpc) is 2.39. The van der Waals surface area contributed by atoms with Gasteiger partial charge in [-0.2, -0.15) is 5.10 Å². The third-order valence-corrected chi connectivity index (χ3v) is 0.948. The molecular formula is C5H8N4O2. The Bertz CT molecular complexity index is 220. The molecule has 11 heavy (non-hydrogen) atoms. The number of nitrogens with zero attached hydrogens (tertiary/aromatic N) is 2. The molecule has 1 aromatic heterocycles. The number of amides is 1. The Morgan fingerprint density at radius 3 is 3.18 bits per heavy atom. The van der Waals surface area contributed by atoms with E-state index in [9.17, 15) is 4.79 Å². The monoisotopic (exact) mass is 156 g/mol. The van der Waals surface area contributed by atoms with Gasteiger partial charge in [-0.05, 0) is 0 Å². The summed E-state index contributed by atoms with van der Waals surface area (Å²) in [5, 5.41) is 6.16. The molecule has 1 heterocycles. The van der Waals surface area contributed by atoms with Crippen molar-refractivity contribution in [3.63, 3.8) is 0 Å². The van der Waals surface area contributed by atoms with Gasteiger partial charge < -0.3 is 10.5 Å². The third kappa shape index (κ3) is 2.76. The van der Waals surface area contributed by atoms with Crippen LogP contribution in [-0.4, -0.2) is 27.7 Å². The van der Waals surface area contributed by atoms with Crippen molar-refractivity contribution in [1.82, 2.24) is 15.2 Å². The van der Waals surface area contributed by atoms with Gasteiger partial charge in [0, 0.05) is 0 Å². The maximum absolute atomic E-state index is 10.2. The Hall–Kier alpha value is -1.43. The summed E-state index contributed by atoms with van der Waals surface area (Å²) in [7, 11) is 0. The number of rotatable bonds is 4. The van der Waals surface area contributed by atoms with Crippen LogP contribution in [0.4, 0.5) is 0 Å². The van der Waals surface area contributed by atoms with Crippen molar-refractivity contribution in [3.05, 3.63) is 12.2 Å². The summed E-state index contributed by atoms with van der Waals surface area (Å²) in [6, 6.07) is 0. The van der Waals surface area contributed by atoms with E-state index >= 15 is 0 Å². The number of primary amides is 1. The summed E-state index contributed by atoms with van der Waals surface area (Å²) in [6.45, 7) is 0.129. The van der Waals surface area contributed by atoms with Gasteiger partial charge >= 0.3 is 0 Å². The van der Waals surface area contributed by atoms with E-state index in [2.05, 4.69) is 15.2 Å². The van der Waals surface area contributed by atoms with E-state index in [1.54, 1.807) is 0 Å². The van der Waals surface area contributed by atoms with Crippen LogP contribution < -0.4 is 5.73 Å². The third-order valence-electron chi connectivity index (χ3n) is 0.948. The molecule has 3 N–H and O–H groups in total. The Morgan fingerprint density at radius 2 is 2.64 bits per heavy atom. The molecule has 1 aromatic rings. The summed E-state index contributed by atoms with van der Waals surface area (Å²) in [5.74, 6) is 0.0794. The summed E-state index contributed by atoms with van der Waals surface area (Å²) < 4.78 is 4.83. The van der Waals surface area contributed by atoms with Crippen LogP contribution in [0.1, 0.15) is 5.82 Å². The van der Waals surface area contributed by atoms with Crippen LogP contribution in [0.2, 0.25) is 0 Å². The number of nitrogens with one attached hydrogen (secondary N) is 1. The lowest BCUT2D eigenvalue weighted by Gasteiger charge is -1.95. The number of H-pyrrole nitrogens is 1. The van der Waals surface area contributed by atoms with Crippen LogP contribution in [0.15, 0.2) is 6.33 Å². The van der Waals surface area contributed by atoms with Gasteiger partial charge in [0.2, 0.25) is 5.91 Å². The molecule has 0 spiro atoms. The largest absolute Gasteiger partial charge is 0.368 e. The fourth-order valence-corrected chi connectivity index (χ4v) is 0.549. The van der Waals surface area contributed by atoms with E-state index in [1.807, 2.05) is 0 Å². The highest BCUT2D eigenvalue weighted by atomic mass is 16.5. The maximum Gasteiger partial charge on any atom is 0.243 e. The number of aromatic amines is 1. The van der Waals surface area contributed by atoms with Crippen LogP contribution >= 0.6 is 0 Å². The first kappa shape index (κ1) is 7.67. The van der Waals surface area contributed by atoms with Gasteiger partial charge in [-0.1, -0.05) is 0 Å². The Labute approximate surface area is 62.8 Å². The number of aromatic nitrogens is 3. The lowest BCUT2D eigenvalue weighted by atomic mass is 10.6. The first-order valence-corrected chi connectivity index (χ1v) is 2.99. The topological polar surface area (TPSA) is 93.9 Å². The van der Waals surface area contributed by atoms with E-state index in [1.165, 1.54) is 6.33 Å². The van der Waals surface area contributed by atoms with Gasteiger partial charge in [-0.15, -0.1) is 0 Å². The molecule has 1 rings (SSSR count). The minimum Gasteiger partial charge on any atom is -0.368 e. The quantitative estimate of drug-likeness (QED) is 0.572. The average molecular weight is 156 g/mol. The number of nitrogens with two attached hydrogens (primary N) is 1. The van der Waals surface area contributed by atoms with Crippen molar-refractivity contribution in [3.8, 4) is 0 Å². The molecule has 0 aromatic carbocycles. The Morgan fingerprint density at radius 1 is 1.82 bits per heavy atom. The molecule has 0 unspecified atom stereocenters. The number of hydrogen-bond acceptors (Lipinski definition) is 4. The lowest BCUT2D eigenvalue weighted by molar-refractivity contribution is -0.122. The van der Waals surface area contributed by atoms with E-state index in [-0.39, 0.29) is 13.2 Å². The summed E-state index contributed by atoms with van der Waals surface area (Å²) in [6.07, 6.45) is 1.36. The fraction of sp³-hybridized carbons (Fsp3) is 0.400. The van der Waals surface area contributed by atoms with Crippen LogP contribution in [0.25, 0.3) is 0 Å². The number of hydrogen-bond donors (Lipinski definition) is 2. The van der Waals surface area contributed by atoms with Crippen molar-refractivity contribution in [1.29, 1.82) is 0 Å². The van der Waals surface area contributed by atoms with Crippen molar-refractivity contribution >= 4 is 5.91 Å². The zero-order chi connectivity index (χ0) is 8.10. The molecule has 6 nitrogen and oxygen atoms in total. The molecular weight excluding hydrogens is 148 g/mol. The predicted octanol–water partition coefficient (Wildman–Crippen LogP) is -1.19. The van der Waals surface area contributed by atoms with Crippen LogP contribution in [0, 0.1) is 0 Å². The lowest BCUT2D eigenvalue weighted by Crippen LogP contribution is -2.18. The highest BCUT2D eigenvalue weighted by Gasteiger charge is 1.96. The minimum absolute atomic E-state index is 0.0965.